The first-order valence-electron chi connectivity index (χ1n) is 15.4. The van der Waals surface area contributed by atoms with E-state index >= 15 is 0 Å². The van der Waals surface area contributed by atoms with Crippen LogP contribution in [-0.2, 0) is 0 Å². The molecule has 0 bridgehead atoms. The third-order valence-electron chi connectivity index (χ3n) is 8.39. The van der Waals surface area contributed by atoms with Crippen molar-refractivity contribution in [1.82, 2.24) is 15.0 Å². The van der Waals surface area contributed by atoms with Crippen LogP contribution in [0.5, 0.6) is 0 Å². The van der Waals surface area contributed by atoms with Gasteiger partial charge in [-0.25, -0.2) is 9.97 Å². The van der Waals surface area contributed by atoms with Crippen molar-refractivity contribution in [2.24, 2.45) is 0 Å². The molecule has 0 N–H and O–H groups in total. The van der Waals surface area contributed by atoms with Crippen LogP contribution in [0, 0.1) is 0 Å². The van der Waals surface area contributed by atoms with Crippen molar-refractivity contribution in [2.45, 2.75) is 0 Å². The lowest BCUT2D eigenvalue weighted by Gasteiger charge is -2.12. The van der Waals surface area contributed by atoms with Crippen molar-refractivity contribution < 1.29 is 0 Å². The number of fused-ring (bicyclic) bond motifs is 1. The summed E-state index contributed by atoms with van der Waals surface area (Å²) in [5.74, 6) is 0.694. The van der Waals surface area contributed by atoms with Gasteiger partial charge in [0, 0.05) is 29.1 Å². The largest absolute Gasteiger partial charge is 0.264 e. The smallest absolute Gasteiger partial charge is 0.160 e. The van der Waals surface area contributed by atoms with Gasteiger partial charge in [-0.3, -0.25) is 4.98 Å². The molecule has 0 spiro atoms. The van der Waals surface area contributed by atoms with E-state index in [4.69, 9.17) is 9.97 Å². The Morgan fingerprint density at radius 1 is 0.304 bits per heavy atom. The van der Waals surface area contributed by atoms with E-state index in [1.807, 2.05) is 18.3 Å². The molecule has 216 valence electrons. The number of rotatable bonds is 6. The van der Waals surface area contributed by atoms with Crippen LogP contribution >= 0.6 is 0 Å². The second-order valence-electron chi connectivity index (χ2n) is 11.4. The Labute approximate surface area is 268 Å². The molecule has 0 aliphatic rings. The summed E-state index contributed by atoms with van der Waals surface area (Å²) in [4.78, 5) is 14.5. The average Bonchev–Trinajstić information content (AvgIpc) is 3.15. The van der Waals surface area contributed by atoms with E-state index in [-0.39, 0.29) is 0 Å². The van der Waals surface area contributed by atoms with E-state index in [0.29, 0.717) is 5.82 Å². The van der Waals surface area contributed by atoms with Gasteiger partial charge in [0.2, 0.25) is 0 Å². The maximum Gasteiger partial charge on any atom is 0.160 e. The van der Waals surface area contributed by atoms with Crippen molar-refractivity contribution in [3.63, 3.8) is 0 Å². The minimum absolute atomic E-state index is 0.694. The van der Waals surface area contributed by atoms with Crippen LogP contribution in [0.4, 0.5) is 0 Å². The summed E-state index contributed by atoms with van der Waals surface area (Å²) in [5.41, 5.74) is 11.7. The summed E-state index contributed by atoms with van der Waals surface area (Å²) in [5, 5.41) is 2.46. The number of benzene rings is 6. The second-order valence-corrected chi connectivity index (χ2v) is 11.4. The van der Waals surface area contributed by atoms with Crippen LogP contribution in [-0.4, -0.2) is 15.0 Å². The summed E-state index contributed by atoms with van der Waals surface area (Å²) < 4.78 is 0. The highest BCUT2D eigenvalue weighted by atomic mass is 14.9. The van der Waals surface area contributed by atoms with Gasteiger partial charge in [-0.15, -0.1) is 0 Å². The predicted octanol–water partition coefficient (Wildman–Crippen LogP) is 11.0. The Balaban J connectivity index is 1.22. The van der Waals surface area contributed by atoms with E-state index in [0.717, 1.165) is 50.3 Å². The van der Waals surface area contributed by atoms with Crippen LogP contribution < -0.4 is 0 Å². The maximum absolute atomic E-state index is 5.13. The summed E-state index contributed by atoms with van der Waals surface area (Å²) in [6.07, 6.45) is 3.68. The lowest BCUT2D eigenvalue weighted by atomic mass is 9.98. The lowest BCUT2D eigenvalue weighted by Crippen LogP contribution is -1.96. The fourth-order valence-corrected chi connectivity index (χ4v) is 5.91. The Morgan fingerprint density at radius 2 is 0.848 bits per heavy atom. The molecule has 8 rings (SSSR count). The van der Waals surface area contributed by atoms with Crippen molar-refractivity contribution in [1.29, 1.82) is 0 Å². The molecular weight excluding hydrogens is 558 g/mol. The van der Waals surface area contributed by atoms with Crippen LogP contribution in [0.25, 0.3) is 78.1 Å². The SMILES string of the molecule is c1ccc(-c2ccc(-c3nc(-c4ccc(-c5cccnc5)cc4)cc(-c4cccc(-c5ccc6ccccc6c5)c4)n3)cc2)cc1. The van der Waals surface area contributed by atoms with Crippen LogP contribution in [0.2, 0.25) is 0 Å². The molecule has 46 heavy (non-hydrogen) atoms. The van der Waals surface area contributed by atoms with Gasteiger partial charge in [-0.05, 0) is 68.4 Å². The van der Waals surface area contributed by atoms with E-state index < -0.39 is 0 Å². The van der Waals surface area contributed by atoms with Gasteiger partial charge in [-0.1, -0.05) is 140 Å². The Kier molecular flexibility index (Phi) is 7.18. The Hall–Kier alpha value is -6.19. The Bertz CT molecular complexity index is 2170. The zero-order valence-electron chi connectivity index (χ0n) is 25.1. The molecule has 0 atom stereocenters. The minimum Gasteiger partial charge on any atom is -0.264 e. The van der Waals surface area contributed by atoms with E-state index in [2.05, 4.69) is 157 Å². The first-order valence-corrected chi connectivity index (χ1v) is 15.4. The fraction of sp³-hybridized carbons (Fsp3) is 0. The van der Waals surface area contributed by atoms with Crippen molar-refractivity contribution in [3.8, 4) is 67.3 Å². The molecule has 0 aliphatic carbocycles. The number of hydrogen-bond donors (Lipinski definition) is 0. The number of aromatic nitrogens is 3. The van der Waals surface area contributed by atoms with Gasteiger partial charge in [-0.2, -0.15) is 0 Å². The molecule has 0 unspecified atom stereocenters. The number of pyridine rings is 1. The second kappa shape index (κ2) is 12.1. The highest BCUT2D eigenvalue weighted by molar-refractivity contribution is 5.88. The van der Waals surface area contributed by atoms with Crippen LogP contribution in [0.15, 0.2) is 176 Å². The van der Waals surface area contributed by atoms with Gasteiger partial charge >= 0.3 is 0 Å². The quantitative estimate of drug-likeness (QED) is 0.194. The molecule has 0 saturated heterocycles. The zero-order chi connectivity index (χ0) is 30.7. The molecule has 3 nitrogen and oxygen atoms in total. The van der Waals surface area contributed by atoms with Crippen LogP contribution in [0.1, 0.15) is 0 Å². The third kappa shape index (κ3) is 5.58. The Morgan fingerprint density at radius 3 is 1.61 bits per heavy atom. The molecule has 0 aliphatic heterocycles. The summed E-state index contributed by atoms with van der Waals surface area (Å²) in [6, 6.07) is 57.3. The number of nitrogens with zero attached hydrogens (tertiary/aromatic N) is 3. The van der Waals surface area contributed by atoms with E-state index in [1.165, 1.54) is 21.9 Å². The highest BCUT2D eigenvalue weighted by Gasteiger charge is 2.13. The topological polar surface area (TPSA) is 38.7 Å². The van der Waals surface area contributed by atoms with Crippen molar-refractivity contribution >= 4 is 10.8 Å². The summed E-state index contributed by atoms with van der Waals surface area (Å²) >= 11 is 0. The molecule has 0 radical (unpaired) electrons. The van der Waals surface area contributed by atoms with Gasteiger partial charge < -0.3 is 0 Å². The van der Waals surface area contributed by atoms with Crippen molar-refractivity contribution in [3.05, 3.63) is 176 Å². The molecule has 2 aromatic heterocycles. The summed E-state index contributed by atoms with van der Waals surface area (Å²) in [7, 11) is 0. The first-order chi connectivity index (χ1) is 22.8. The minimum atomic E-state index is 0.694. The number of hydrogen-bond acceptors (Lipinski definition) is 3. The summed E-state index contributed by atoms with van der Waals surface area (Å²) in [6.45, 7) is 0. The normalized spacial score (nSPS) is 11.0. The molecule has 3 heteroatoms. The van der Waals surface area contributed by atoms with Crippen LogP contribution in [0.3, 0.4) is 0 Å². The monoisotopic (exact) mass is 587 g/mol. The van der Waals surface area contributed by atoms with Gasteiger partial charge in [0.05, 0.1) is 11.4 Å². The lowest BCUT2D eigenvalue weighted by molar-refractivity contribution is 1.18. The van der Waals surface area contributed by atoms with E-state index in [1.54, 1.807) is 6.20 Å². The molecule has 8 aromatic rings. The highest BCUT2D eigenvalue weighted by Crippen LogP contribution is 2.33. The molecular formula is C43H29N3. The molecule has 2 heterocycles. The average molecular weight is 588 g/mol. The van der Waals surface area contributed by atoms with Gasteiger partial charge in [0.15, 0.2) is 5.82 Å². The molecule has 0 fully saturated rings. The standard InChI is InChI=1S/C43H29N3/c1-2-8-30(9-3-1)32-17-22-35(23-18-32)43-45-41(34-20-15-33(16-21-34)40-14-7-25-44-29-40)28-42(46-43)39-13-6-12-37(27-39)38-24-19-31-10-4-5-11-36(31)26-38/h1-29H. The van der Waals surface area contributed by atoms with Gasteiger partial charge in [0.1, 0.15) is 0 Å². The van der Waals surface area contributed by atoms with Crippen molar-refractivity contribution in [2.75, 3.05) is 0 Å². The zero-order valence-corrected chi connectivity index (χ0v) is 25.1. The molecule has 0 saturated carbocycles. The first kappa shape index (κ1) is 27.4. The predicted molar refractivity (Wildman–Crippen MR) is 190 cm³/mol. The maximum atomic E-state index is 5.13. The molecule has 6 aromatic carbocycles. The third-order valence-corrected chi connectivity index (χ3v) is 8.39. The van der Waals surface area contributed by atoms with E-state index in [9.17, 15) is 0 Å². The fourth-order valence-electron chi connectivity index (χ4n) is 5.91. The molecule has 0 amide bonds. The van der Waals surface area contributed by atoms with Gasteiger partial charge in [0.25, 0.3) is 0 Å².